The van der Waals surface area contributed by atoms with Crippen LogP contribution >= 0.6 is 0 Å². The van der Waals surface area contributed by atoms with E-state index in [-0.39, 0.29) is 17.8 Å². The van der Waals surface area contributed by atoms with E-state index in [4.69, 9.17) is 5.11 Å². The second kappa shape index (κ2) is 5.66. The van der Waals surface area contributed by atoms with Crippen LogP contribution in [0.25, 0.3) is 11.0 Å². The topological polar surface area (TPSA) is 129 Å². The Morgan fingerprint density at radius 2 is 1.85 bits per heavy atom. The van der Waals surface area contributed by atoms with Gasteiger partial charge in [-0.15, -0.1) is 0 Å². The van der Waals surface area contributed by atoms with Gasteiger partial charge < -0.3 is 15.1 Å². The van der Waals surface area contributed by atoms with Crippen LogP contribution in [0.1, 0.15) is 18.4 Å². The number of unbranched alkanes of at least 4 members (excludes halogenated alkanes) is 1. The maximum Gasteiger partial charge on any atom is 0.314 e. The zero-order valence-electron chi connectivity index (χ0n) is 10.5. The average molecular weight is 279 g/mol. The van der Waals surface area contributed by atoms with E-state index in [2.05, 4.69) is 9.97 Å². The van der Waals surface area contributed by atoms with Gasteiger partial charge in [0.2, 0.25) is 0 Å². The molecule has 2 aromatic rings. The molecule has 0 radical (unpaired) electrons. The first-order valence-corrected chi connectivity index (χ1v) is 6.07. The first-order valence-electron chi connectivity index (χ1n) is 6.07. The third kappa shape index (κ3) is 2.75. The van der Waals surface area contributed by atoms with E-state index in [1.54, 1.807) is 0 Å². The van der Waals surface area contributed by atoms with Crippen LogP contribution in [-0.4, -0.2) is 26.6 Å². The summed E-state index contributed by atoms with van der Waals surface area (Å²) in [7, 11) is 0. The van der Waals surface area contributed by atoms with Crippen LogP contribution in [0.3, 0.4) is 0 Å². The molecule has 8 heteroatoms. The quantitative estimate of drug-likeness (QED) is 0.316. The van der Waals surface area contributed by atoms with Crippen molar-refractivity contribution < 1.29 is 10.0 Å². The molecule has 3 N–H and O–H groups in total. The Labute approximate surface area is 112 Å². The standard InChI is InChI=1S/C12H13N3O5/c16-4-2-1-3-7-5-8(15(19)20)6-9-10(7)14-12(18)11(17)13-9/h5-6,16H,1-4H2,(H,13,17)(H,14,18). The van der Waals surface area contributed by atoms with E-state index in [9.17, 15) is 19.7 Å². The van der Waals surface area contributed by atoms with Crippen molar-refractivity contribution in [1.82, 2.24) is 9.97 Å². The van der Waals surface area contributed by atoms with E-state index in [0.717, 1.165) is 0 Å². The Kier molecular flexibility index (Phi) is 3.94. The average Bonchev–Trinajstić information content (AvgIpc) is 2.40. The number of rotatable bonds is 5. The summed E-state index contributed by atoms with van der Waals surface area (Å²) in [6, 6.07) is 2.58. The number of aromatic amines is 2. The third-order valence-corrected chi connectivity index (χ3v) is 2.96. The fraction of sp³-hybridized carbons (Fsp3) is 0.333. The van der Waals surface area contributed by atoms with E-state index in [0.29, 0.717) is 30.3 Å². The molecule has 0 bridgehead atoms. The van der Waals surface area contributed by atoms with Gasteiger partial charge in [0.15, 0.2) is 0 Å². The Hall–Kier alpha value is -2.48. The molecule has 2 rings (SSSR count). The first kappa shape index (κ1) is 13.9. The predicted octanol–water partition coefficient (Wildman–Crippen LogP) is 0.440. The Morgan fingerprint density at radius 1 is 1.15 bits per heavy atom. The summed E-state index contributed by atoms with van der Waals surface area (Å²) in [5, 5.41) is 19.6. The molecule has 8 nitrogen and oxygen atoms in total. The van der Waals surface area contributed by atoms with Crippen LogP contribution in [-0.2, 0) is 6.42 Å². The summed E-state index contributed by atoms with van der Waals surface area (Å²) in [5.41, 5.74) is -0.620. The molecule has 0 fully saturated rings. The van der Waals surface area contributed by atoms with Crippen molar-refractivity contribution in [3.63, 3.8) is 0 Å². The lowest BCUT2D eigenvalue weighted by atomic mass is 10.1. The molecule has 0 unspecified atom stereocenters. The number of hydrogen-bond acceptors (Lipinski definition) is 5. The van der Waals surface area contributed by atoms with Crippen molar-refractivity contribution in [3.05, 3.63) is 48.5 Å². The number of benzene rings is 1. The molecule has 0 atom stereocenters. The maximum absolute atomic E-state index is 11.4. The normalized spacial score (nSPS) is 10.8. The highest BCUT2D eigenvalue weighted by Gasteiger charge is 2.13. The molecule has 0 amide bonds. The van der Waals surface area contributed by atoms with Crippen molar-refractivity contribution in [2.45, 2.75) is 19.3 Å². The lowest BCUT2D eigenvalue weighted by molar-refractivity contribution is -0.384. The fourth-order valence-electron chi connectivity index (χ4n) is 2.01. The van der Waals surface area contributed by atoms with Crippen molar-refractivity contribution >= 4 is 16.7 Å². The van der Waals surface area contributed by atoms with Crippen LogP contribution in [0, 0.1) is 10.1 Å². The molecule has 106 valence electrons. The van der Waals surface area contributed by atoms with Crippen LogP contribution in [0.5, 0.6) is 0 Å². The van der Waals surface area contributed by atoms with Crippen molar-refractivity contribution in [3.8, 4) is 0 Å². The predicted molar refractivity (Wildman–Crippen MR) is 71.9 cm³/mol. The number of aromatic nitrogens is 2. The largest absolute Gasteiger partial charge is 0.396 e. The first-order chi connectivity index (χ1) is 9.52. The minimum atomic E-state index is -0.848. The van der Waals surface area contributed by atoms with Gasteiger partial charge in [-0.25, -0.2) is 0 Å². The number of fused-ring (bicyclic) bond motifs is 1. The van der Waals surface area contributed by atoms with Crippen molar-refractivity contribution in [2.24, 2.45) is 0 Å². The van der Waals surface area contributed by atoms with Gasteiger partial charge in [-0.3, -0.25) is 19.7 Å². The molecule has 20 heavy (non-hydrogen) atoms. The number of non-ortho nitro benzene ring substituents is 1. The summed E-state index contributed by atoms with van der Waals surface area (Å²) >= 11 is 0. The number of nitrogens with one attached hydrogen (secondary N) is 2. The number of nitro benzene ring substituents is 1. The Morgan fingerprint density at radius 3 is 2.50 bits per heavy atom. The molecular formula is C12H13N3O5. The molecule has 1 heterocycles. The van der Waals surface area contributed by atoms with Gasteiger partial charge in [-0.2, -0.15) is 0 Å². The minimum absolute atomic E-state index is 0.0280. The molecule has 1 aromatic heterocycles. The monoisotopic (exact) mass is 279 g/mol. The van der Waals surface area contributed by atoms with E-state index >= 15 is 0 Å². The third-order valence-electron chi connectivity index (χ3n) is 2.96. The highest BCUT2D eigenvalue weighted by molar-refractivity contribution is 5.80. The summed E-state index contributed by atoms with van der Waals surface area (Å²) in [6.07, 6.45) is 1.63. The number of aliphatic hydroxyl groups is 1. The molecule has 0 aliphatic rings. The molecule has 0 saturated carbocycles. The van der Waals surface area contributed by atoms with Gasteiger partial charge in [-0.05, 0) is 24.8 Å². The maximum atomic E-state index is 11.4. The Balaban J connectivity index is 2.61. The zero-order valence-corrected chi connectivity index (χ0v) is 10.5. The molecular weight excluding hydrogens is 266 g/mol. The van der Waals surface area contributed by atoms with E-state index in [1.165, 1.54) is 12.1 Å². The van der Waals surface area contributed by atoms with E-state index in [1.807, 2.05) is 0 Å². The molecule has 1 aromatic carbocycles. The summed E-state index contributed by atoms with van der Waals surface area (Å²) < 4.78 is 0. The minimum Gasteiger partial charge on any atom is -0.396 e. The summed E-state index contributed by atoms with van der Waals surface area (Å²) in [6.45, 7) is 0.0280. The number of nitrogens with zero attached hydrogens (tertiary/aromatic N) is 1. The van der Waals surface area contributed by atoms with Crippen molar-refractivity contribution in [2.75, 3.05) is 6.61 Å². The van der Waals surface area contributed by atoms with Crippen LogP contribution in [0.4, 0.5) is 5.69 Å². The molecule has 0 aliphatic heterocycles. The van der Waals surface area contributed by atoms with Gasteiger partial charge in [-0.1, -0.05) is 0 Å². The highest BCUT2D eigenvalue weighted by Crippen LogP contribution is 2.22. The van der Waals surface area contributed by atoms with Crippen LogP contribution < -0.4 is 11.1 Å². The lowest BCUT2D eigenvalue weighted by Gasteiger charge is -2.06. The number of aryl methyl sites for hydroxylation is 1. The summed E-state index contributed by atoms with van der Waals surface area (Å²) in [4.78, 5) is 37.7. The van der Waals surface area contributed by atoms with Crippen molar-refractivity contribution in [1.29, 1.82) is 0 Å². The summed E-state index contributed by atoms with van der Waals surface area (Å²) in [5.74, 6) is 0. The van der Waals surface area contributed by atoms with Gasteiger partial charge >= 0.3 is 11.1 Å². The number of nitro groups is 1. The zero-order chi connectivity index (χ0) is 14.7. The number of H-pyrrole nitrogens is 2. The molecule has 0 saturated heterocycles. The van der Waals surface area contributed by atoms with Gasteiger partial charge in [0.05, 0.1) is 16.0 Å². The van der Waals surface area contributed by atoms with Crippen LogP contribution in [0.2, 0.25) is 0 Å². The lowest BCUT2D eigenvalue weighted by Crippen LogP contribution is -2.29. The second-order valence-corrected chi connectivity index (χ2v) is 4.37. The Bertz CT molecular complexity index is 762. The fourth-order valence-corrected chi connectivity index (χ4v) is 2.01. The van der Waals surface area contributed by atoms with Gasteiger partial charge in [0.25, 0.3) is 5.69 Å². The van der Waals surface area contributed by atoms with Gasteiger partial charge in [0.1, 0.15) is 0 Å². The number of aliphatic hydroxyl groups excluding tert-OH is 1. The second-order valence-electron chi connectivity index (χ2n) is 4.37. The van der Waals surface area contributed by atoms with Gasteiger partial charge in [0, 0.05) is 18.7 Å². The van der Waals surface area contributed by atoms with Crippen LogP contribution in [0.15, 0.2) is 21.7 Å². The molecule has 0 aliphatic carbocycles. The van der Waals surface area contributed by atoms with E-state index < -0.39 is 16.0 Å². The highest BCUT2D eigenvalue weighted by atomic mass is 16.6. The molecule has 0 spiro atoms. The SMILES string of the molecule is O=c1[nH]c2cc([N+](=O)[O-])cc(CCCCO)c2[nH]c1=O. The smallest absolute Gasteiger partial charge is 0.314 e. The number of hydrogen-bond donors (Lipinski definition) is 3.